The molecule has 0 heterocycles. The molecule has 6 nitrogen and oxygen atoms in total. The summed E-state index contributed by atoms with van der Waals surface area (Å²) in [5.74, 6) is -0.914. The summed E-state index contributed by atoms with van der Waals surface area (Å²) >= 11 is 0. The van der Waals surface area contributed by atoms with Crippen molar-refractivity contribution in [1.82, 2.24) is 0 Å². The third-order valence-electron chi connectivity index (χ3n) is 13.0. The molecule has 0 amide bonds. The van der Waals surface area contributed by atoms with Gasteiger partial charge in [-0.05, 0) is 116 Å². The third-order valence-corrected chi connectivity index (χ3v) is 13.0. The fourth-order valence-electron chi connectivity index (χ4n) is 8.44. The van der Waals surface area contributed by atoms with E-state index in [-0.39, 0.29) is 31.1 Å². The van der Waals surface area contributed by atoms with Crippen LogP contribution in [0.5, 0.6) is 0 Å². The Balaban J connectivity index is 4.36. The molecule has 73 heavy (non-hydrogen) atoms. The molecule has 0 rings (SSSR count). The van der Waals surface area contributed by atoms with Gasteiger partial charge in [0.1, 0.15) is 13.2 Å². The number of ether oxygens (including phenoxy) is 3. The number of unbranched alkanes of at least 4 members (excludes halogenated alkanes) is 28. The van der Waals surface area contributed by atoms with Gasteiger partial charge >= 0.3 is 17.9 Å². The maximum atomic E-state index is 12.9. The van der Waals surface area contributed by atoms with Crippen molar-refractivity contribution in [3.63, 3.8) is 0 Å². The van der Waals surface area contributed by atoms with Gasteiger partial charge in [-0.3, -0.25) is 14.4 Å². The van der Waals surface area contributed by atoms with Crippen molar-refractivity contribution in [2.45, 2.75) is 297 Å². The summed E-state index contributed by atoms with van der Waals surface area (Å²) in [6.45, 7) is 6.44. The Morgan fingerprint density at radius 3 is 0.890 bits per heavy atom. The molecule has 0 N–H and O–H groups in total. The molecule has 0 aliphatic carbocycles. The van der Waals surface area contributed by atoms with Gasteiger partial charge in [-0.1, -0.05) is 253 Å². The van der Waals surface area contributed by atoms with Crippen molar-refractivity contribution in [3.05, 3.63) is 97.2 Å². The van der Waals surface area contributed by atoms with Crippen LogP contribution in [-0.4, -0.2) is 37.2 Å². The molecule has 0 bridgehead atoms. The van der Waals surface area contributed by atoms with Crippen LogP contribution in [-0.2, 0) is 28.6 Å². The topological polar surface area (TPSA) is 78.9 Å². The Bertz CT molecular complexity index is 1440. The zero-order chi connectivity index (χ0) is 52.9. The lowest BCUT2D eigenvalue weighted by atomic mass is 10.0. The normalized spacial score (nSPS) is 12.8. The Morgan fingerprint density at radius 2 is 0.562 bits per heavy atom. The highest BCUT2D eigenvalue weighted by Gasteiger charge is 2.19. The molecule has 0 saturated heterocycles. The zero-order valence-corrected chi connectivity index (χ0v) is 47.9. The van der Waals surface area contributed by atoms with Crippen LogP contribution in [0.2, 0.25) is 0 Å². The predicted octanol–water partition coefficient (Wildman–Crippen LogP) is 20.9. The van der Waals surface area contributed by atoms with Crippen LogP contribution in [0, 0.1) is 0 Å². The molecular weight excluding hydrogens is 901 g/mol. The lowest BCUT2D eigenvalue weighted by molar-refractivity contribution is -0.167. The van der Waals surface area contributed by atoms with Gasteiger partial charge in [-0.25, -0.2) is 0 Å². The van der Waals surface area contributed by atoms with Crippen molar-refractivity contribution in [3.8, 4) is 0 Å². The number of allylic oxidation sites excluding steroid dienone is 16. The number of hydrogen-bond donors (Lipinski definition) is 0. The molecule has 0 aliphatic heterocycles. The third kappa shape index (κ3) is 59.1. The predicted molar refractivity (Wildman–Crippen MR) is 316 cm³/mol. The summed E-state index contributed by atoms with van der Waals surface area (Å²) in [6.07, 6.45) is 81.2. The average Bonchev–Trinajstić information content (AvgIpc) is 3.39. The van der Waals surface area contributed by atoms with E-state index < -0.39 is 6.10 Å². The molecule has 0 aliphatic rings. The first-order valence-electron chi connectivity index (χ1n) is 30.7. The second-order valence-corrected chi connectivity index (χ2v) is 20.2. The van der Waals surface area contributed by atoms with Crippen molar-refractivity contribution in [2.24, 2.45) is 0 Å². The van der Waals surface area contributed by atoms with E-state index in [9.17, 15) is 14.4 Å². The van der Waals surface area contributed by atoms with Gasteiger partial charge in [0.25, 0.3) is 0 Å². The van der Waals surface area contributed by atoms with Crippen LogP contribution in [0.15, 0.2) is 97.2 Å². The van der Waals surface area contributed by atoms with E-state index >= 15 is 0 Å². The summed E-state index contributed by atoms with van der Waals surface area (Å²) < 4.78 is 16.9. The maximum absolute atomic E-state index is 12.9. The number of carbonyl (C=O) groups is 3. The SMILES string of the molecule is CC/C=C\C/C=C\C/C=C\C/C=C\CCCCCCCCC(=O)OC(COC(=O)CCCCCCC/C=C\C/C=C\CCC)COC(=O)CCCCCCCCCCCCC/C=C\C/C=C\CCCCCCC. The van der Waals surface area contributed by atoms with E-state index in [2.05, 4.69) is 118 Å². The van der Waals surface area contributed by atoms with Crippen LogP contribution in [0.4, 0.5) is 0 Å². The van der Waals surface area contributed by atoms with Gasteiger partial charge in [-0.2, -0.15) is 0 Å². The Morgan fingerprint density at radius 1 is 0.288 bits per heavy atom. The zero-order valence-electron chi connectivity index (χ0n) is 47.9. The number of carbonyl (C=O) groups excluding carboxylic acids is 3. The molecule has 6 heteroatoms. The van der Waals surface area contributed by atoms with Gasteiger partial charge in [0.05, 0.1) is 0 Å². The summed E-state index contributed by atoms with van der Waals surface area (Å²) in [5.41, 5.74) is 0. The van der Waals surface area contributed by atoms with Crippen molar-refractivity contribution in [2.75, 3.05) is 13.2 Å². The lowest BCUT2D eigenvalue weighted by Gasteiger charge is -2.18. The largest absolute Gasteiger partial charge is 0.462 e. The molecular formula is C67H114O6. The van der Waals surface area contributed by atoms with Crippen LogP contribution >= 0.6 is 0 Å². The molecule has 0 saturated carbocycles. The maximum Gasteiger partial charge on any atom is 0.306 e. The first-order valence-corrected chi connectivity index (χ1v) is 30.7. The van der Waals surface area contributed by atoms with E-state index in [0.717, 1.165) is 135 Å². The van der Waals surface area contributed by atoms with Gasteiger partial charge < -0.3 is 14.2 Å². The van der Waals surface area contributed by atoms with Gasteiger partial charge in [0.2, 0.25) is 0 Å². The summed E-state index contributed by atoms with van der Waals surface area (Å²) in [5, 5.41) is 0. The van der Waals surface area contributed by atoms with Crippen molar-refractivity contribution in [1.29, 1.82) is 0 Å². The highest BCUT2D eigenvalue weighted by atomic mass is 16.6. The standard InChI is InChI=1S/C67H114O6/c1-4-7-10-13-16-19-22-25-27-29-31-32-33-34-36-37-39-42-45-48-51-54-57-60-66(69)72-63-64(62-71-65(68)59-56-53-50-47-44-41-24-21-18-15-12-9-6-3)73-67(70)61-58-55-52-49-46-43-40-38-35-30-28-26-23-20-17-14-11-8-5-2/h8,11-12,15,17,20-22,24-26,28-29,31,35,38,64H,4-7,9-10,13-14,16,18-19,23,27,30,32-34,36-37,39-63H2,1-3H3/b11-8-,15-12-,20-17-,24-21-,25-22-,28-26-,31-29-,38-35-. The van der Waals surface area contributed by atoms with Gasteiger partial charge in [-0.15, -0.1) is 0 Å². The lowest BCUT2D eigenvalue weighted by Crippen LogP contribution is -2.30. The van der Waals surface area contributed by atoms with Gasteiger partial charge in [0.15, 0.2) is 6.10 Å². The minimum Gasteiger partial charge on any atom is -0.462 e. The average molecular weight is 1020 g/mol. The smallest absolute Gasteiger partial charge is 0.306 e. The van der Waals surface area contributed by atoms with E-state index in [0.29, 0.717) is 19.3 Å². The number of rotatable bonds is 55. The molecule has 1 unspecified atom stereocenters. The fourth-order valence-corrected chi connectivity index (χ4v) is 8.44. The van der Waals surface area contributed by atoms with E-state index in [4.69, 9.17) is 14.2 Å². The summed E-state index contributed by atoms with van der Waals surface area (Å²) in [6, 6.07) is 0. The summed E-state index contributed by atoms with van der Waals surface area (Å²) in [7, 11) is 0. The molecule has 0 fully saturated rings. The highest BCUT2D eigenvalue weighted by molar-refractivity contribution is 5.71. The van der Waals surface area contributed by atoms with E-state index in [1.165, 1.54) is 116 Å². The molecule has 0 aromatic heterocycles. The number of esters is 3. The molecule has 0 radical (unpaired) electrons. The van der Waals surface area contributed by atoms with Crippen molar-refractivity contribution < 1.29 is 28.6 Å². The summed E-state index contributed by atoms with van der Waals surface area (Å²) in [4.78, 5) is 38.2. The van der Waals surface area contributed by atoms with E-state index in [1.807, 2.05) is 0 Å². The van der Waals surface area contributed by atoms with Crippen LogP contribution in [0.3, 0.4) is 0 Å². The van der Waals surface area contributed by atoms with Crippen LogP contribution < -0.4 is 0 Å². The Hall–Kier alpha value is -3.67. The first kappa shape index (κ1) is 69.3. The first-order chi connectivity index (χ1) is 36.0. The number of hydrogen-bond acceptors (Lipinski definition) is 6. The van der Waals surface area contributed by atoms with Gasteiger partial charge in [0, 0.05) is 19.3 Å². The minimum atomic E-state index is -0.794. The monoisotopic (exact) mass is 1010 g/mol. The minimum absolute atomic E-state index is 0.0890. The Labute approximate surface area is 451 Å². The molecule has 418 valence electrons. The quantitative estimate of drug-likeness (QED) is 0.0261. The van der Waals surface area contributed by atoms with Crippen LogP contribution in [0.25, 0.3) is 0 Å². The second kappa shape index (κ2) is 60.9. The van der Waals surface area contributed by atoms with E-state index in [1.54, 1.807) is 0 Å². The van der Waals surface area contributed by atoms with Crippen molar-refractivity contribution >= 4 is 17.9 Å². The fraction of sp³-hybridized carbons (Fsp3) is 0.716. The highest BCUT2D eigenvalue weighted by Crippen LogP contribution is 2.15. The Kier molecular flexibility index (Phi) is 57.8. The second-order valence-electron chi connectivity index (χ2n) is 20.2. The molecule has 1 atom stereocenters. The molecule has 0 aromatic carbocycles. The molecule has 0 aromatic rings. The van der Waals surface area contributed by atoms with Crippen LogP contribution in [0.1, 0.15) is 290 Å². The molecule has 0 spiro atoms.